The zero-order valence-electron chi connectivity index (χ0n) is 7.52. The molecule has 0 unspecified atom stereocenters. The summed E-state index contributed by atoms with van der Waals surface area (Å²) in [5.74, 6) is 0.740. The molecule has 1 aromatic carbocycles. The quantitative estimate of drug-likeness (QED) is 0.750. The lowest BCUT2D eigenvalue weighted by atomic mass is 10.3. The van der Waals surface area contributed by atoms with E-state index in [9.17, 15) is 0 Å². The van der Waals surface area contributed by atoms with Crippen LogP contribution in [0, 0.1) is 3.57 Å². The maximum absolute atomic E-state index is 5.47. The van der Waals surface area contributed by atoms with Crippen LogP contribution < -0.4 is 4.74 Å². The van der Waals surface area contributed by atoms with Crippen LogP contribution in [0.25, 0.3) is 0 Å². The summed E-state index contributed by atoms with van der Waals surface area (Å²) in [4.78, 5) is 8.04. The largest absolute Gasteiger partial charge is 0.424 e. The first-order chi connectivity index (χ1) is 7.24. The van der Waals surface area contributed by atoms with Crippen LogP contribution >= 0.6 is 38.5 Å². The molecular formula is C10H6BrIN2O. The lowest BCUT2D eigenvalue weighted by molar-refractivity contribution is 0.441. The predicted molar refractivity (Wildman–Crippen MR) is 69.0 cm³/mol. The molecule has 0 radical (unpaired) electrons. The van der Waals surface area contributed by atoms with Crippen molar-refractivity contribution in [2.75, 3.05) is 0 Å². The molecule has 0 amide bonds. The monoisotopic (exact) mass is 376 g/mol. The minimum atomic E-state index is 0.347. The van der Waals surface area contributed by atoms with E-state index in [0.29, 0.717) is 6.01 Å². The highest BCUT2D eigenvalue weighted by atomic mass is 127. The van der Waals surface area contributed by atoms with Crippen molar-refractivity contribution in [3.05, 3.63) is 44.7 Å². The highest BCUT2D eigenvalue weighted by Crippen LogP contribution is 2.20. The number of benzene rings is 1. The maximum Gasteiger partial charge on any atom is 0.321 e. The molecule has 0 spiro atoms. The van der Waals surface area contributed by atoms with E-state index >= 15 is 0 Å². The predicted octanol–water partition coefficient (Wildman–Crippen LogP) is 3.64. The van der Waals surface area contributed by atoms with Crippen LogP contribution in [0.4, 0.5) is 0 Å². The minimum Gasteiger partial charge on any atom is -0.424 e. The van der Waals surface area contributed by atoms with Gasteiger partial charge in [0.2, 0.25) is 0 Å². The van der Waals surface area contributed by atoms with Gasteiger partial charge in [0.1, 0.15) is 5.75 Å². The molecule has 0 bridgehead atoms. The van der Waals surface area contributed by atoms with Crippen LogP contribution in [0.2, 0.25) is 0 Å². The molecule has 2 rings (SSSR count). The van der Waals surface area contributed by atoms with Gasteiger partial charge in [0.15, 0.2) is 0 Å². The van der Waals surface area contributed by atoms with Gasteiger partial charge in [-0.1, -0.05) is 6.07 Å². The lowest BCUT2D eigenvalue weighted by Crippen LogP contribution is -1.90. The number of aromatic nitrogens is 2. The Hall–Kier alpha value is -0.690. The van der Waals surface area contributed by atoms with Gasteiger partial charge < -0.3 is 4.74 Å². The van der Waals surface area contributed by atoms with Crippen LogP contribution in [0.5, 0.6) is 11.8 Å². The molecule has 2 aromatic rings. The summed E-state index contributed by atoms with van der Waals surface area (Å²) in [5.41, 5.74) is 0. The number of hydrogen-bond donors (Lipinski definition) is 0. The van der Waals surface area contributed by atoms with Gasteiger partial charge in [0, 0.05) is 16.0 Å². The van der Waals surface area contributed by atoms with E-state index in [4.69, 9.17) is 4.74 Å². The Bertz CT molecular complexity index is 461. The molecule has 0 aliphatic carbocycles. The first-order valence-corrected chi connectivity index (χ1v) is 6.02. The fourth-order valence-corrected chi connectivity index (χ4v) is 1.71. The maximum atomic E-state index is 5.47. The van der Waals surface area contributed by atoms with Crippen molar-refractivity contribution in [2.45, 2.75) is 0 Å². The highest BCUT2D eigenvalue weighted by Gasteiger charge is 1.99. The highest BCUT2D eigenvalue weighted by molar-refractivity contribution is 14.1. The van der Waals surface area contributed by atoms with Crippen LogP contribution in [0.1, 0.15) is 0 Å². The van der Waals surface area contributed by atoms with Gasteiger partial charge in [0.05, 0.1) is 4.47 Å². The number of halogens is 2. The second kappa shape index (κ2) is 4.89. The first-order valence-electron chi connectivity index (χ1n) is 4.15. The zero-order chi connectivity index (χ0) is 10.7. The molecule has 0 atom stereocenters. The van der Waals surface area contributed by atoms with E-state index in [-0.39, 0.29) is 0 Å². The van der Waals surface area contributed by atoms with Gasteiger partial charge in [-0.25, -0.2) is 9.97 Å². The van der Waals surface area contributed by atoms with Gasteiger partial charge >= 0.3 is 6.01 Å². The van der Waals surface area contributed by atoms with Crippen LogP contribution in [0.3, 0.4) is 0 Å². The third-order valence-corrected chi connectivity index (χ3v) is 2.68. The number of ether oxygens (including phenoxy) is 1. The Morgan fingerprint density at radius 1 is 1.20 bits per heavy atom. The summed E-state index contributed by atoms with van der Waals surface area (Å²) in [6.07, 6.45) is 3.30. The lowest BCUT2D eigenvalue weighted by Gasteiger charge is -2.03. The van der Waals surface area contributed by atoms with Crippen LogP contribution in [-0.4, -0.2) is 9.97 Å². The van der Waals surface area contributed by atoms with Crippen molar-refractivity contribution >= 4 is 38.5 Å². The van der Waals surface area contributed by atoms with Crippen LogP contribution in [0.15, 0.2) is 41.1 Å². The number of rotatable bonds is 2. The Kier molecular flexibility index (Phi) is 3.53. The average molecular weight is 377 g/mol. The molecule has 0 saturated carbocycles. The molecule has 5 heteroatoms. The molecule has 1 aromatic heterocycles. The topological polar surface area (TPSA) is 35.0 Å². The molecule has 3 nitrogen and oxygen atoms in total. The van der Waals surface area contributed by atoms with Gasteiger partial charge in [-0.2, -0.15) is 0 Å². The van der Waals surface area contributed by atoms with Gasteiger partial charge in [0.25, 0.3) is 0 Å². The van der Waals surface area contributed by atoms with E-state index in [1.165, 1.54) is 0 Å². The second-order valence-corrected chi connectivity index (χ2v) is 4.90. The SMILES string of the molecule is Brc1cnc(Oc2cccc(I)c2)nc1. The van der Waals surface area contributed by atoms with Crippen molar-refractivity contribution < 1.29 is 4.74 Å². The summed E-state index contributed by atoms with van der Waals surface area (Å²) in [7, 11) is 0. The average Bonchev–Trinajstić information content (AvgIpc) is 2.22. The van der Waals surface area contributed by atoms with Crippen molar-refractivity contribution in [2.24, 2.45) is 0 Å². The molecule has 0 saturated heterocycles. The Morgan fingerprint density at radius 3 is 2.60 bits per heavy atom. The van der Waals surface area contributed by atoms with E-state index in [2.05, 4.69) is 48.5 Å². The van der Waals surface area contributed by atoms with Crippen molar-refractivity contribution in [1.82, 2.24) is 9.97 Å². The summed E-state index contributed by atoms with van der Waals surface area (Å²) in [5, 5.41) is 0. The van der Waals surface area contributed by atoms with E-state index in [1.807, 2.05) is 24.3 Å². The zero-order valence-corrected chi connectivity index (χ0v) is 11.3. The summed E-state index contributed by atoms with van der Waals surface area (Å²) >= 11 is 5.49. The van der Waals surface area contributed by atoms with Gasteiger partial charge in [-0.3, -0.25) is 0 Å². The molecule has 15 heavy (non-hydrogen) atoms. The molecule has 1 heterocycles. The molecule has 0 aliphatic rings. The molecule has 0 N–H and O–H groups in total. The summed E-state index contributed by atoms with van der Waals surface area (Å²) in [6, 6.07) is 8.06. The van der Waals surface area contributed by atoms with Crippen molar-refractivity contribution in [3.8, 4) is 11.8 Å². The minimum absolute atomic E-state index is 0.347. The third kappa shape index (κ3) is 3.13. The Labute approximate surface area is 109 Å². The Morgan fingerprint density at radius 2 is 1.93 bits per heavy atom. The summed E-state index contributed by atoms with van der Waals surface area (Å²) < 4.78 is 7.41. The van der Waals surface area contributed by atoms with Gasteiger partial charge in [-0.15, -0.1) is 0 Å². The third-order valence-electron chi connectivity index (χ3n) is 1.60. The summed E-state index contributed by atoms with van der Waals surface area (Å²) in [6.45, 7) is 0. The second-order valence-electron chi connectivity index (χ2n) is 2.74. The van der Waals surface area contributed by atoms with E-state index in [1.54, 1.807) is 12.4 Å². The normalized spacial score (nSPS) is 10.0. The molecule has 76 valence electrons. The number of nitrogens with zero attached hydrogens (tertiary/aromatic N) is 2. The first kappa shape index (κ1) is 10.8. The van der Waals surface area contributed by atoms with E-state index < -0.39 is 0 Å². The molecule has 0 fully saturated rings. The number of hydrogen-bond acceptors (Lipinski definition) is 3. The van der Waals surface area contributed by atoms with Crippen molar-refractivity contribution in [1.29, 1.82) is 0 Å². The Balaban J connectivity index is 2.18. The molecular weight excluding hydrogens is 371 g/mol. The smallest absolute Gasteiger partial charge is 0.321 e. The van der Waals surface area contributed by atoms with Crippen LogP contribution in [-0.2, 0) is 0 Å². The standard InChI is InChI=1S/C10H6BrIN2O/c11-7-5-13-10(14-6-7)15-9-3-1-2-8(12)4-9/h1-6H. The van der Waals surface area contributed by atoms with Crippen molar-refractivity contribution in [3.63, 3.8) is 0 Å². The fourth-order valence-electron chi connectivity index (χ4n) is 0.989. The van der Waals surface area contributed by atoms with E-state index in [0.717, 1.165) is 13.8 Å². The van der Waals surface area contributed by atoms with Gasteiger partial charge in [-0.05, 0) is 56.7 Å². The fraction of sp³-hybridized carbons (Fsp3) is 0. The molecule has 0 aliphatic heterocycles.